The molecule has 1 aliphatic rings. The number of nitro benzene ring substituents is 1. The maximum Gasteiger partial charge on any atom is 0.315 e. The van der Waals surface area contributed by atoms with Crippen molar-refractivity contribution in [1.82, 2.24) is 0 Å². The van der Waals surface area contributed by atoms with Crippen LogP contribution in [0.25, 0.3) is 0 Å². The molecule has 3 N–H and O–H groups in total. The zero-order chi connectivity index (χ0) is 14.4. The number of halogens is 2. The van der Waals surface area contributed by atoms with Gasteiger partial charge in [0, 0.05) is 18.9 Å². The molecule has 6 nitrogen and oxygen atoms in total. The van der Waals surface area contributed by atoms with E-state index in [9.17, 15) is 24.0 Å². The number of nitrogens with zero attached hydrogens (tertiary/aromatic N) is 1. The lowest BCUT2D eigenvalue weighted by atomic mass is 9.69. The molecule has 0 bridgehead atoms. The lowest BCUT2D eigenvalue weighted by Crippen LogP contribution is -2.55. The molecule has 0 radical (unpaired) electrons. The Morgan fingerprint density at radius 2 is 2.05 bits per heavy atom. The summed E-state index contributed by atoms with van der Waals surface area (Å²) in [5.74, 6) is -3.68. The summed E-state index contributed by atoms with van der Waals surface area (Å²) in [6, 6.07) is 2.25. The third kappa shape index (κ3) is 2.19. The fourth-order valence-corrected chi connectivity index (χ4v) is 2.25. The van der Waals surface area contributed by atoms with Crippen LogP contribution in [-0.4, -0.2) is 23.1 Å². The molecule has 2 rings (SSSR count). The number of alkyl halides is 2. The number of hydrogen-bond donors (Lipinski definition) is 2. The Bertz CT molecular complexity index is 540. The summed E-state index contributed by atoms with van der Waals surface area (Å²) < 4.78 is 30.7. The molecule has 8 heteroatoms. The molecule has 1 aromatic rings. The summed E-state index contributed by atoms with van der Waals surface area (Å²) in [4.78, 5) is 9.99. The second kappa shape index (κ2) is 4.02. The van der Waals surface area contributed by atoms with E-state index in [0.29, 0.717) is 0 Å². The topological polar surface area (TPSA) is 98.6 Å². The Morgan fingerprint density at radius 3 is 2.47 bits per heavy atom. The van der Waals surface area contributed by atoms with E-state index in [-0.39, 0.29) is 11.3 Å². The second-order valence-corrected chi connectivity index (χ2v) is 4.67. The first kappa shape index (κ1) is 13.5. The predicted octanol–water partition coefficient (Wildman–Crippen LogP) is 1.89. The lowest BCUT2D eigenvalue weighted by Gasteiger charge is -2.44. The summed E-state index contributed by atoms with van der Waals surface area (Å²) in [6.07, 6.45) is -1.18. The summed E-state index contributed by atoms with van der Waals surface area (Å²) in [5.41, 5.74) is 4.00. The highest BCUT2D eigenvalue weighted by atomic mass is 19.3. The van der Waals surface area contributed by atoms with E-state index >= 15 is 0 Å². The molecule has 1 aliphatic carbocycles. The van der Waals surface area contributed by atoms with E-state index < -0.39 is 40.7 Å². The van der Waals surface area contributed by atoms with Crippen LogP contribution >= 0.6 is 0 Å². The number of ether oxygens (including phenoxy) is 1. The average Bonchev–Trinajstić information content (AvgIpc) is 2.25. The van der Waals surface area contributed by atoms with Crippen molar-refractivity contribution in [3.05, 3.63) is 27.8 Å². The van der Waals surface area contributed by atoms with Gasteiger partial charge in [-0.25, -0.2) is 8.78 Å². The first-order valence-electron chi connectivity index (χ1n) is 5.41. The molecule has 1 fully saturated rings. The molecule has 19 heavy (non-hydrogen) atoms. The van der Waals surface area contributed by atoms with Crippen molar-refractivity contribution in [3.63, 3.8) is 0 Å². The van der Waals surface area contributed by atoms with E-state index in [1.165, 1.54) is 13.2 Å². The van der Waals surface area contributed by atoms with Crippen LogP contribution in [-0.2, 0) is 5.54 Å². The van der Waals surface area contributed by atoms with Gasteiger partial charge >= 0.3 is 5.69 Å². The van der Waals surface area contributed by atoms with Crippen molar-refractivity contribution >= 4 is 5.69 Å². The average molecular weight is 274 g/mol. The standard InChI is InChI=1S/C11H12F2N2O4/c1-19-8-3-6(2-7(9(8)16)15(17)18)10(14)4-11(12,13)5-10/h2-3,16H,4-5,14H2,1H3. The van der Waals surface area contributed by atoms with Gasteiger partial charge in [-0.15, -0.1) is 0 Å². The van der Waals surface area contributed by atoms with Crippen molar-refractivity contribution in [3.8, 4) is 11.5 Å². The van der Waals surface area contributed by atoms with Gasteiger partial charge in [-0.2, -0.15) is 0 Å². The number of hydrogen-bond acceptors (Lipinski definition) is 5. The van der Waals surface area contributed by atoms with Gasteiger partial charge in [0.2, 0.25) is 5.75 Å². The van der Waals surface area contributed by atoms with Gasteiger partial charge in [0.15, 0.2) is 5.75 Å². The molecule has 0 amide bonds. The molecule has 104 valence electrons. The van der Waals surface area contributed by atoms with Gasteiger partial charge in [0.1, 0.15) is 0 Å². The Labute approximate surface area is 106 Å². The molecule has 0 spiro atoms. The van der Waals surface area contributed by atoms with Gasteiger partial charge in [-0.05, 0) is 11.6 Å². The molecule has 0 aromatic heterocycles. The number of methoxy groups -OCH3 is 1. The molecule has 0 saturated heterocycles. The first-order chi connectivity index (χ1) is 8.68. The Kier molecular flexibility index (Phi) is 2.85. The fourth-order valence-electron chi connectivity index (χ4n) is 2.25. The third-order valence-corrected chi connectivity index (χ3v) is 3.19. The number of nitrogens with two attached hydrogens (primary N) is 1. The smallest absolute Gasteiger partial charge is 0.315 e. The molecular weight excluding hydrogens is 262 g/mol. The van der Waals surface area contributed by atoms with Gasteiger partial charge in [-0.1, -0.05) is 0 Å². The minimum atomic E-state index is -2.87. The molecule has 0 atom stereocenters. The number of phenols is 1. The molecule has 1 saturated carbocycles. The number of phenolic OH excluding ortho intramolecular Hbond substituents is 1. The van der Waals surface area contributed by atoms with E-state index in [0.717, 1.165) is 6.07 Å². The maximum atomic E-state index is 12.9. The van der Waals surface area contributed by atoms with Crippen LogP contribution in [0.15, 0.2) is 12.1 Å². The quantitative estimate of drug-likeness (QED) is 0.647. The van der Waals surface area contributed by atoms with Gasteiger partial charge < -0.3 is 15.6 Å². The van der Waals surface area contributed by atoms with Crippen molar-refractivity contribution < 1.29 is 23.5 Å². The van der Waals surface area contributed by atoms with E-state index in [2.05, 4.69) is 0 Å². The van der Waals surface area contributed by atoms with Crippen molar-refractivity contribution in [1.29, 1.82) is 0 Å². The molecule has 0 heterocycles. The highest BCUT2D eigenvalue weighted by Gasteiger charge is 2.55. The molecular formula is C11H12F2N2O4. The number of benzene rings is 1. The monoisotopic (exact) mass is 274 g/mol. The predicted molar refractivity (Wildman–Crippen MR) is 61.4 cm³/mol. The van der Waals surface area contributed by atoms with Crippen LogP contribution in [0.1, 0.15) is 18.4 Å². The SMILES string of the molecule is COc1cc(C2(N)CC(F)(F)C2)cc([N+](=O)[O-])c1O. The van der Waals surface area contributed by atoms with Crippen LogP contribution in [0.4, 0.5) is 14.5 Å². The number of nitro groups is 1. The first-order valence-corrected chi connectivity index (χ1v) is 5.41. The highest BCUT2D eigenvalue weighted by molar-refractivity contribution is 5.58. The largest absolute Gasteiger partial charge is 0.500 e. The summed E-state index contributed by atoms with van der Waals surface area (Å²) in [5, 5.41) is 20.4. The Hall–Kier alpha value is -1.96. The lowest BCUT2D eigenvalue weighted by molar-refractivity contribution is -0.386. The van der Waals surface area contributed by atoms with Crippen LogP contribution in [0.5, 0.6) is 11.5 Å². The highest BCUT2D eigenvalue weighted by Crippen LogP contribution is 2.52. The fraction of sp³-hybridized carbons (Fsp3) is 0.455. The van der Waals surface area contributed by atoms with Gasteiger partial charge in [0.25, 0.3) is 5.92 Å². The van der Waals surface area contributed by atoms with Crippen LogP contribution < -0.4 is 10.5 Å². The minimum Gasteiger partial charge on any atom is -0.500 e. The Balaban J connectivity index is 2.48. The number of aromatic hydroxyl groups is 1. The van der Waals surface area contributed by atoms with Crippen LogP contribution in [0, 0.1) is 10.1 Å². The molecule has 0 unspecified atom stereocenters. The maximum absolute atomic E-state index is 12.9. The van der Waals surface area contributed by atoms with Crippen molar-refractivity contribution in [2.24, 2.45) is 5.73 Å². The van der Waals surface area contributed by atoms with Gasteiger partial charge in [0.05, 0.1) is 17.6 Å². The van der Waals surface area contributed by atoms with Crippen molar-refractivity contribution in [2.75, 3.05) is 7.11 Å². The third-order valence-electron chi connectivity index (χ3n) is 3.19. The summed E-state index contributed by atoms with van der Waals surface area (Å²) in [6.45, 7) is 0. The molecule has 1 aromatic carbocycles. The zero-order valence-electron chi connectivity index (χ0n) is 10.0. The van der Waals surface area contributed by atoms with E-state index in [1.54, 1.807) is 0 Å². The summed E-state index contributed by atoms with van der Waals surface area (Å²) in [7, 11) is 1.21. The second-order valence-electron chi connectivity index (χ2n) is 4.67. The minimum absolute atomic E-state index is 0.153. The van der Waals surface area contributed by atoms with Crippen molar-refractivity contribution in [2.45, 2.75) is 24.3 Å². The van der Waals surface area contributed by atoms with E-state index in [1.807, 2.05) is 0 Å². The van der Waals surface area contributed by atoms with Crippen LogP contribution in [0.2, 0.25) is 0 Å². The zero-order valence-corrected chi connectivity index (χ0v) is 10.0. The number of rotatable bonds is 3. The van der Waals surface area contributed by atoms with Gasteiger partial charge in [-0.3, -0.25) is 10.1 Å². The summed E-state index contributed by atoms with van der Waals surface area (Å²) >= 11 is 0. The van der Waals surface area contributed by atoms with Crippen LogP contribution in [0.3, 0.4) is 0 Å². The van der Waals surface area contributed by atoms with E-state index in [4.69, 9.17) is 10.5 Å². The normalized spacial score (nSPS) is 19.6. The molecule has 0 aliphatic heterocycles. The Morgan fingerprint density at radius 1 is 1.47 bits per heavy atom.